The molecule has 2 rings (SSSR count). The lowest BCUT2D eigenvalue weighted by atomic mass is 9.83. The molecule has 1 unspecified atom stereocenters. The van der Waals surface area contributed by atoms with Gasteiger partial charge in [-0.25, -0.2) is 0 Å². The molecule has 5 nitrogen and oxygen atoms in total. The van der Waals surface area contributed by atoms with Gasteiger partial charge < -0.3 is 14.9 Å². The third kappa shape index (κ3) is 5.03. The Balaban J connectivity index is 1.83. The molecule has 0 amide bonds. The summed E-state index contributed by atoms with van der Waals surface area (Å²) in [6.45, 7) is 3.72. The van der Waals surface area contributed by atoms with E-state index < -0.39 is 6.10 Å². The Kier molecular flexibility index (Phi) is 7.02. The molecular formula is C18H27NO4. The summed E-state index contributed by atoms with van der Waals surface area (Å²) in [7, 11) is 0. The minimum Gasteiger partial charge on any atom is -0.461 e. The van der Waals surface area contributed by atoms with E-state index in [-0.39, 0.29) is 31.1 Å². The fourth-order valence-corrected chi connectivity index (χ4v) is 3.30. The highest BCUT2D eigenvalue weighted by atomic mass is 16.5. The molecule has 0 aromatic heterocycles. The van der Waals surface area contributed by atoms with Crippen LogP contribution in [-0.4, -0.2) is 52.9 Å². The normalized spacial score (nSPS) is 24.6. The Hall–Kier alpha value is -1.43. The number of likely N-dealkylation sites (N-methyl/N-ethyl adjacent to an activating group) is 1. The molecule has 2 N–H and O–H groups in total. The number of carbonyl (C=O) groups is 1. The van der Waals surface area contributed by atoms with Crippen molar-refractivity contribution in [1.82, 2.24) is 4.90 Å². The Morgan fingerprint density at radius 2 is 2.04 bits per heavy atom. The SMILES string of the molecule is CCN(CCO)[C@@H]1CCC(C(=O)OCc2ccccc2)C[C@H]1O. The standard InChI is InChI=1S/C18H27NO4/c1-2-19(10-11-20)16-9-8-15(12-17(16)21)18(22)23-13-14-6-4-3-5-7-14/h3-7,15-17,20-21H,2,8-13H2,1H3/t15?,16-,17-/m1/s1. The van der Waals surface area contributed by atoms with Gasteiger partial charge in [-0.3, -0.25) is 9.69 Å². The average Bonchev–Trinajstić information content (AvgIpc) is 2.58. The van der Waals surface area contributed by atoms with E-state index in [1.54, 1.807) is 0 Å². The monoisotopic (exact) mass is 321 g/mol. The summed E-state index contributed by atoms with van der Waals surface area (Å²) in [5.41, 5.74) is 0.968. The molecule has 1 aliphatic rings. The summed E-state index contributed by atoms with van der Waals surface area (Å²) in [5.74, 6) is -0.464. The van der Waals surface area contributed by atoms with E-state index in [1.165, 1.54) is 0 Å². The molecule has 0 aliphatic heterocycles. The summed E-state index contributed by atoms with van der Waals surface area (Å²) in [6.07, 6.45) is 1.35. The second-order valence-electron chi connectivity index (χ2n) is 6.09. The summed E-state index contributed by atoms with van der Waals surface area (Å²) < 4.78 is 5.38. The molecule has 1 aromatic rings. The molecular weight excluding hydrogens is 294 g/mol. The van der Waals surface area contributed by atoms with Crippen LogP contribution in [0.25, 0.3) is 0 Å². The van der Waals surface area contributed by atoms with E-state index in [1.807, 2.05) is 37.3 Å². The number of benzene rings is 1. The Labute approximate surface area is 137 Å². The van der Waals surface area contributed by atoms with Crippen molar-refractivity contribution < 1.29 is 19.7 Å². The second kappa shape index (κ2) is 9.01. The summed E-state index contributed by atoms with van der Waals surface area (Å²) in [4.78, 5) is 14.3. The highest BCUT2D eigenvalue weighted by Crippen LogP contribution is 2.29. The van der Waals surface area contributed by atoms with Gasteiger partial charge in [-0.1, -0.05) is 37.3 Å². The van der Waals surface area contributed by atoms with Crippen molar-refractivity contribution in [2.75, 3.05) is 19.7 Å². The largest absolute Gasteiger partial charge is 0.461 e. The molecule has 1 saturated carbocycles. The summed E-state index contributed by atoms with van der Waals surface area (Å²) in [6, 6.07) is 9.62. The molecule has 1 aromatic carbocycles. The number of aliphatic hydroxyl groups is 2. The van der Waals surface area contributed by atoms with Gasteiger partial charge in [0.05, 0.1) is 18.6 Å². The number of ether oxygens (including phenoxy) is 1. The molecule has 1 aliphatic carbocycles. The van der Waals surface area contributed by atoms with Crippen molar-refractivity contribution in [3.8, 4) is 0 Å². The van der Waals surface area contributed by atoms with Crippen LogP contribution < -0.4 is 0 Å². The molecule has 3 atom stereocenters. The smallest absolute Gasteiger partial charge is 0.309 e. The van der Waals surface area contributed by atoms with Crippen LogP contribution in [0.5, 0.6) is 0 Å². The molecule has 0 bridgehead atoms. The number of hydrogen-bond acceptors (Lipinski definition) is 5. The van der Waals surface area contributed by atoms with E-state index in [0.717, 1.165) is 24.9 Å². The number of aliphatic hydroxyl groups excluding tert-OH is 2. The quantitative estimate of drug-likeness (QED) is 0.746. The van der Waals surface area contributed by atoms with Gasteiger partial charge in [0.1, 0.15) is 6.61 Å². The van der Waals surface area contributed by atoms with E-state index in [4.69, 9.17) is 9.84 Å². The molecule has 128 valence electrons. The van der Waals surface area contributed by atoms with Crippen molar-refractivity contribution >= 4 is 5.97 Å². The number of hydrogen-bond donors (Lipinski definition) is 2. The molecule has 0 saturated heterocycles. The molecule has 0 radical (unpaired) electrons. The van der Waals surface area contributed by atoms with Crippen LogP contribution in [0.2, 0.25) is 0 Å². The van der Waals surface area contributed by atoms with E-state index in [2.05, 4.69) is 4.90 Å². The topological polar surface area (TPSA) is 70.0 Å². The molecule has 0 spiro atoms. The van der Waals surface area contributed by atoms with Gasteiger partial charge in [0.15, 0.2) is 0 Å². The van der Waals surface area contributed by atoms with Crippen LogP contribution in [0.4, 0.5) is 0 Å². The summed E-state index contributed by atoms with van der Waals surface area (Å²) >= 11 is 0. The average molecular weight is 321 g/mol. The van der Waals surface area contributed by atoms with Gasteiger partial charge in [0.2, 0.25) is 0 Å². The van der Waals surface area contributed by atoms with Crippen molar-refractivity contribution in [1.29, 1.82) is 0 Å². The molecule has 1 fully saturated rings. The predicted molar refractivity (Wildman–Crippen MR) is 87.7 cm³/mol. The first-order chi connectivity index (χ1) is 11.2. The molecule has 5 heteroatoms. The van der Waals surface area contributed by atoms with Gasteiger partial charge in [0, 0.05) is 12.6 Å². The fourth-order valence-electron chi connectivity index (χ4n) is 3.30. The number of rotatable bonds is 7. The Morgan fingerprint density at radius 3 is 2.65 bits per heavy atom. The van der Waals surface area contributed by atoms with Crippen LogP contribution >= 0.6 is 0 Å². The molecule has 0 heterocycles. The number of esters is 1. The van der Waals surface area contributed by atoms with Crippen LogP contribution in [0.1, 0.15) is 31.7 Å². The lowest BCUT2D eigenvalue weighted by Gasteiger charge is -2.39. The van der Waals surface area contributed by atoms with Crippen molar-refractivity contribution in [2.24, 2.45) is 5.92 Å². The van der Waals surface area contributed by atoms with E-state index in [0.29, 0.717) is 13.0 Å². The van der Waals surface area contributed by atoms with Crippen LogP contribution in [0.3, 0.4) is 0 Å². The van der Waals surface area contributed by atoms with Gasteiger partial charge in [-0.15, -0.1) is 0 Å². The molecule has 23 heavy (non-hydrogen) atoms. The van der Waals surface area contributed by atoms with Crippen molar-refractivity contribution in [2.45, 2.75) is 44.9 Å². The first kappa shape index (κ1) is 17.9. The predicted octanol–water partition coefficient (Wildman–Crippen LogP) is 1.57. The minimum absolute atomic E-state index is 0.0188. The van der Waals surface area contributed by atoms with Gasteiger partial charge in [-0.05, 0) is 31.4 Å². The maximum absolute atomic E-state index is 12.2. The zero-order valence-electron chi connectivity index (χ0n) is 13.7. The maximum Gasteiger partial charge on any atom is 0.309 e. The lowest BCUT2D eigenvalue weighted by molar-refractivity contribution is -0.153. The Morgan fingerprint density at radius 1 is 1.30 bits per heavy atom. The van der Waals surface area contributed by atoms with E-state index >= 15 is 0 Å². The number of nitrogens with zero attached hydrogens (tertiary/aromatic N) is 1. The van der Waals surface area contributed by atoms with Gasteiger partial charge >= 0.3 is 5.97 Å². The minimum atomic E-state index is -0.551. The third-order valence-corrected chi connectivity index (χ3v) is 4.60. The fraction of sp³-hybridized carbons (Fsp3) is 0.611. The maximum atomic E-state index is 12.2. The van der Waals surface area contributed by atoms with Crippen LogP contribution in [-0.2, 0) is 16.1 Å². The van der Waals surface area contributed by atoms with Gasteiger partial charge in [0.25, 0.3) is 0 Å². The lowest BCUT2D eigenvalue weighted by Crippen LogP contribution is -2.49. The zero-order chi connectivity index (χ0) is 16.7. The first-order valence-corrected chi connectivity index (χ1v) is 8.39. The first-order valence-electron chi connectivity index (χ1n) is 8.39. The highest BCUT2D eigenvalue weighted by molar-refractivity contribution is 5.72. The highest BCUT2D eigenvalue weighted by Gasteiger charge is 2.36. The van der Waals surface area contributed by atoms with Crippen LogP contribution in [0.15, 0.2) is 30.3 Å². The zero-order valence-corrected chi connectivity index (χ0v) is 13.7. The number of carbonyl (C=O) groups excluding carboxylic acids is 1. The summed E-state index contributed by atoms with van der Waals surface area (Å²) in [5, 5.41) is 19.5. The van der Waals surface area contributed by atoms with Crippen molar-refractivity contribution in [3.63, 3.8) is 0 Å². The third-order valence-electron chi connectivity index (χ3n) is 4.60. The van der Waals surface area contributed by atoms with E-state index in [9.17, 15) is 9.90 Å². The van der Waals surface area contributed by atoms with Crippen molar-refractivity contribution in [3.05, 3.63) is 35.9 Å². The Bertz CT molecular complexity index is 479. The van der Waals surface area contributed by atoms with Gasteiger partial charge in [-0.2, -0.15) is 0 Å². The van der Waals surface area contributed by atoms with Crippen LogP contribution in [0, 0.1) is 5.92 Å². The second-order valence-corrected chi connectivity index (χ2v) is 6.09.